The number of sulfonamides is 1. The molecule has 1 N–H and O–H groups in total. The van der Waals surface area contributed by atoms with Crippen LogP contribution in [-0.2, 0) is 26.4 Å². The zero-order valence-corrected chi connectivity index (χ0v) is 17.2. The van der Waals surface area contributed by atoms with E-state index in [4.69, 9.17) is 9.47 Å². The minimum atomic E-state index is -3.79. The monoisotopic (exact) mass is 413 g/mol. The van der Waals surface area contributed by atoms with Gasteiger partial charge >= 0.3 is 0 Å². The molecule has 2 aromatic rings. The van der Waals surface area contributed by atoms with E-state index in [0.717, 1.165) is 6.26 Å². The molecule has 0 atom stereocenters. The van der Waals surface area contributed by atoms with E-state index in [0.29, 0.717) is 17.1 Å². The topological polar surface area (TPSA) is 98.8 Å². The van der Waals surface area contributed by atoms with Crippen LogP contribution in [0.5, 0.6) is 11.5 Å². The maximum atomic E-state index is 12.4. The summed E-state index contributed by atoms with van der Waals surface area (Å²) in [6.45, 7) is 3.85. The van der Waals surface area contributed by atoms with Crippen molar-refractivity contribution in [2.24, 2.45) is 0 Å². The highest BCUT2D eigenvalue weighted by Gasteiger charge is 2.16. The number of ether oxygens (including phenoxy) is 2. The third-order valence-electron chi connectivity index (χ3n) is 3.62. The van der Waals surface area contributed by atoms with Gasteiger partial charge in [-0.15, -0.1) is 0 Å². The third-order valence-corrected chi connectivity index (χ3v) is 6.16. The van der Waals surface area contributed by atoms with Crippen LogP contribution in [0.2, 0.25) is 0 Å². The van der Waals surface area contributed by atoms with E-state index in [1.54, 1.807) is 18.2 Å². The highest BCUT2D eigenvalue weighted by molar-refractivity contribution is 7.90. The normalized spacial score (nSPS) is 12.2. The van der Waals surface area contributed by atoms with Gasteiger partial charge in [-0.05, 0) is 55.8 Å². The molecule has 0 aliphatic rings. The first-order valence-corrected chi connectivity index (χ1v) is 11.5. The molecule has 0 aromatic heterocycles. The molecule has 0 aliphatic carbocycles. The average molecular weight is 414 g/mol. The van der Waals surface area contributed by atoms with Gasteiger partial charge in [0.05, 0.1) is 23.0 Å². The Labute approximate surface area is 160 Å². The summed E-state index contributed by atoms with van der Waals surface area (Å²) in [6.07, 6.45) is 1.05. The van der Waals surface area contributed by atoms with Gasteiger partial charge in [-0.1, -0.05) is 6.07 Å². The van der Waals surface area contributed by atoms with Gasteiger partial charge in [0, 0.05) is 12.8 Å². The summed E-state index contributed by atoms with van der Waals surface area (Å²) in [6, 6.07) is 10.2. The fourth-order valence-corrected chi connectivity index (χ4v) is 3.95. The number of rotatable bonds is 8. The first-order valence-electron chi connectivity index (χ1n) is 8.16. The van der Waals surface area contributed by atoms with Crippen LogP contribution in [0.15, 0.2) is 52.3 Å². The van der Waals surface area contributed by atoms with Crippen molar-refractivity contribution in [2.45, 2.75) is 36.3 Å². The van der Waals surface area contributed by atoms with Crippen LogP contribution >= 0.6 is 0 Å². The number of nitrogens with one attached hydrogen (secondary N) is 1. The quantitative estimate of drug-likeness (QED) is 0.713. The Hall–Kier alpha value is -2.10. The lowest BCUT2D eigenvalue weighted by Crippen LogP contribution is -2.23. The van der Waals surface area contributed by atoms with E-state index >= 15 is 0 Å². The largest absolute Gasteiger partial charge is 0.493 e. The van der Waals surface area contributed by atoms with Gasteiger partial charge in [0.2, 0.25) is 10.0 Å². The molecule has 27 heavy (non-hydrogen) atoms. The van der Waals surface area contributed by atoms with Crippen molar-refractivity contribution in [3.8, 4) is 11.5 Å². The van der Waals surface area contributed by atoms with E-state index in [1.165, 1.54) is 31.4 Å². The van der Waals surface area contributed by atoms with Crippen LogP contribution in [0.4, 0.5) is 0 Å². The van der Waals surface area contributed by atoms with E-state index in [9.17, 15) is 16.8 Å². The van der Waals surface area contributed by atoms with Crippen LogP contribution < -0.4 is 14.2 Å². The van der Waals surface area contributed by atoms with Crippen LogP contribution in [-0.4, -0.2) is 36.3 Å². The first-order chi connectivity index (χ1) is 12.5. The Bertz CT molecular complexity index is 997. The summed E-state index contributed by atoms with van der Waals surface area (Å²) < 4.78 is 61.2. The van der Waals surface area contributed by atoms with E-state index in [-0.39, 0.29) is 22.4 Å². The van der Waals surface area contributed by atoms with Crippen LogP contribution in [0.1, 0.15) is 19.4 Å². The number of benzene rings is 2. The lowest BCUT2D eigenvalue weighted by molar-refractivity contribution is 0.230. The molecule has 0 aliphatic heterocycles. The molecular weight excluding hydrogens is 390 g/mol. The number of methoxy groups -OCH3 is 1. The van der Waals surface area contributed by atoms with Crippen molar-refractivity contribution in [1.82, 2.24) is 4.72 Å². The van der Waals surface area contributed by atoms with Crippen molar-refractivity contribution in [1.29, 1.82) is 0 Å². The second-order valence-electron chi connectivity index (χ2n) is 6.22. The van der Waals surface area contributed by atoms with Gasteiger partial charge in [-0.3, -0.25) is 0 Å². The van der Waals surface area contributed by atoms with Crippen LogP contribution in [0.3, 0.4) is 0 Å². The Morgan fingerprint density at radius 2 is 1.52 bits per heavy atom. The summed E-state index contributed by atoms with van der Waals surface area (Å²) in [5.41, 5.74) is 0.694. The Morgan fingerprint density at radius 3 is 2.04 bits per heavy atom. The molecule has 0 fully saturated rings. The number of hydrogen-bond donors (Lipinski definition) is 1. The smallest absolute Gasteiger partial charge is 0.240 e. The third kappa shape index (κ3) is 5.69. The molecular formula is C18H23NO6S2. The van der Waals surface area contributed by atoms with Gasteiger partial charge < -0.3 is 9.47 Å². The molecule has 0 unspecified atom stereocenters. The minimum absolute atomic E-state index is 0.0124. The van der Waals surface area contributed by atoms with Gasteiger partial charge in [-0.25, -0.2) is 21.6 Å². The number of hydrogen-bond acceptors (Lipinski definition) is 6. The summed E-state index contributed by atoms with van der Waals surface area (Å²) >= 11 is 0. The van der Waals surface area contributed by atoms with E-state index in [2.05, 4.69) is 4.72 Å². The predicted octanol–water partition coefficient (Wildman–Crippen LogP) is 2.36. The maximum Gasteiger partial charge on any atom is 0.240 e. The second-order valence-corrected chi connectivity index (χ2v) is 10.0. The zero-order valence-electron chi connectivity index (χ0n) is 15.6. The molecule has 0 heterocycles. The summed E-state index contributed by atoms with van der Waals surface area (Å²) in [7, 11) is -5.65. The molecule has 0 radical (unpaired) electrons. The summed E-state index contributed by atoms with van der Waals surface area (Å²) in [5, 5.41) is 0. The highest BCUT2D eigenvalue weighted by atomic mass is 32.2. The van der Waals surface area contributed by atoms with E-state index < -0.39 is 19.9 Å². The zero-order chi connectivity index (χ0) is 20.2. The number of sulfone groups is 1. The van der Waals surface area contributed by atoms with Crippen molar-refractivity contribution in [3.63, 3.8) is 0 Å². The molecule has 0 saturated heterocycles. The maximum absolute atomic E-state index is 12.4. The molecule has 148 valence electrons. The van der Waals surface area contributed by atoms with Crippen molar-refractivity contribution in [2.75, 3.05) is 13.4 Å². The van der Waals surface area contributed by atoms with Crippen molar-refractivity contribution >= 4 is 19.9 Å². The lowest BCUT2D eigenvalue weighted by atomic mass is 10.2. The summed E-state index contributed by atoms with van der Waals surface area (Å²) in [5.74, 6) is 1.09. The van der Waals surface area contributed by atoms with Gasteiger partial charge in [0.15, 0.2) is 21.3 Å². The van der Waals surface area contributed by atoms with Crippen molar-refractivity contribution < 1.29 is 26.3 Å². The van der Waals surface area contributed by atoms with Gasteiger partial charge in [0.25, 0.3) is 0 Å². The molecule has 7 nitrogen and oxygen atoms in total. The van der Waals surface area contributed by atoms with E-state index in [1.807, 2.05) is 13.8 Å². The standard InChI is InChI=1S/C18H23NO6S2/c1-13(2)25-17-10-5-14(11-18(17)24-3)12-19-27(22,23)16-8-6-15(7-9-16)26(4,20)21/h5-11,13,19H,12H2,1-4H3. The Kier molecular flexibility index (Phi) is 6.50. The fraction of sp³-hybridized carbons (Fsp3) is 0.333. The Balaban J connectivity index is 2.15. The fourth-order valence-electron chi connectivity index (χ4n) is 2.30. The molecule has 2 rings (SSSR count). The highest BCUT2D eigenvalue weighted by Crippen LogP contribution is 2.29. The first kappa shape index (κ1) is 21.2. The second kappa shape index (κ2) is 8.28. The van der Waals surface area contributed by atoms with Gasteiger partial charge in [-0.2, -0.15) is 0 Å². The molecule has 0 saturated carbocycles. The molecule has 9 heteroatoms. The minimum Gasteiger partial charge on any atom is -0.493 e. The van der Waals surface area contributed by atoms with Crippen LogP contribution in [0.25, 0.3) is 0 Å². The molecule has 2 aromatic carbocycles. The van der Waals surface area contributed by atoms with Gasteiger partial charge in [0.1, 0.15) is 0 Å². The molecule has 0 amide bonds. The lowest BCUT2D eigenvalue weighted by Gasteiger charge is -2.15. The predicted molar refractivity (Wildman–Crippen MR) is 102 cm³/mol. The average Bonchev–Trinajstić information content (AvgIpc) is 2.60. The molecule has 0 spiro atoms. The van der Waals surface area contributed by atoms with Crippen molar-refractivity contribution in [3.05, 3.63) is 48.0 Å². The SMILES string of the molecule is COc1cc(CNS(=O)(=O)c2ccc(S(C)(=O)=O)cc2)ccc1OC(C)C. The van der Waals surface area contributed by atoms with Crippen LogP contribution in [0, 0.1) is 0 Å². The summed E-state index contributed by atoms with van der Waals surface area (Å²) in [4.78, 5) is 0.0496. The Morgan fingerprint density at radius 1 is 0.926 bits per heavy atom. The molecule has 0 bridgehead atoms.